The Labute approximate surface area is 146 Å². The molecule has 1 aliphatic heterocycles. The summed E-state index contributed by atoms with van der Waals surface area (Å²) in [5.41, 5.74) is 3.14. The van der Waals surface area contributed by atoms with E-state index in [2.05, 4.69) is 5.32 Å². The van der Waals surface area contributed by atoms with Gasteiger partial charge in [0.1, 0.15) is 0 Å². The van der Waals surface area contributed by atoms with E-state index in [4.69, 9.17) is 18.9 Å². The molecule has 1 aliphatic rings. The Balaban J connectivity index is 2.13. The highest BCUT2D eigenvalue weighted by molar-refractivity contribution is 5.96. The summed E-state index contributed by atoms with van der Waals surface area (Å²) in [5, 5.41) is 13.5. The summed E-state index contributed by atoms with van der Waals surface area (Å²) in [6.45, 7) is 0. The van der Waals surface area contributed by atoms with Crippen molar-refractivity contribution in [3.8, 4) is 23.0 Å². The molecule has 0 saturated carbocycles. The third-order valence-electron chi connectivity index (χ3n) is 4.17. The molecule has 0 saturated heterocycles. The predicted octanol–water partition coefficient (Wildman–Crippen LogP) is 3.01. The minimum absolute atomic E-state index is 0.598. The average molecular weight is 343 g/mol. The number of hydrogen-bond donors (Lipinski definition) is 2. The van der Waals surface area contributed by atoms with Crippen LogP contribution in [0.25, 0.3) is 11.6 Å². The SMILES string of the molecule is COc1cc2c(cc1OC)/C(=C/c1cccc(OC)c1OC)C(O)N2. The smallest absolute Gasteiger partial charge is 0.167 e. The molecule has 25 heavy (non-hydrogen) atoms. The molecule has 0 amide bonds. The second kappa shape index (κ2) is 6.94. The lowest BCUT2D eigenvalue weighted by molar-refractivity contribution is 0.266. The van der Waals surface area contributed by atoms with E-state index in [0.29, 0.717) is 28.6 Å². The van der Waals surface area contributed by atoms with Crippen molar-refractivity contribution in [2.75, 3.05) is 33.8 Å². The van der Waals surface area contributed by atoms with Crippen molar-refractivity contribution in [3.63, 3.8) is 0 Å². The fourth-order valence-electron chi connectivity index (χ4n) is 2.96. The van der Waals surface area contributed by atoms with Gasteiger partial charge in [0.05, 0.1) is 28.4 Å². The highest BCUT2D eigenvalue weighted by Crippen LogP contribution is 2.43. The molecule has 0 aromatic heterocycles. The van der Waals surface area contributed by atoms with Crippen LogP contribution < -0.4 is 24.3 Å². The number of methoxy groups -OCH3 is 4. The summed E-state index contributed by atoms with van der Waals surface area (Å²) in [4.78, 5) is 0. The molecule has 1 atom stereocenters. The summed E-state index contributed by atoms with van der Waals surface area (Å²) in [5.74, 6) is 2.44. The van der Waals surface area contributed by atoms with Gasteiger partial charge < -0.3 is 29.4 Å². The maximum Gasteiger partial charge on any atom is 0.167 e. The first kappa shape index (κ1) is 17.0. The molecule has 0 radical (unpaired) electrons. The molecule has 0 fully saturated rings. The lowest BCUT2D eigenvalue weighted by Crippen LogP contribution is -2.12. The summed E-state index contributed by atoms with van der Waals surface area (Å²) in [6.07, 6.45) is 1.03. The Morgan fingerprint density at radius 2 is 1.60 bits per heavy atom. The number of aliphatic hydroxyl groups excluding tert-OH is 1. The number of anilines is 1. The number of ether oxygens (including phenoxy) is 4. The van der Waals surface area contributed by atoms with E-state index in [1.807, 2.05) is 30.3 Å². The Morgan fingerprint density at radius 3 is 2.24 bits per heavy atom. The summed E-state index contributed by atoms with van der Waals surface area (Å²) < 4.78 is 21.5. The average Bonchev–Trinajstić information content (AvgIpc) is 2.94. The molecule has 3 rings (SSSR count). The lowest BCUT2D eigenvalue weighted by Gasteiger charge is -2.12. The van der Waals surface area contributed by atoms with Gasteiger partial charge in [0.2, 0.25) is 0 Å². The first-order chi connectivity index (χ1) is 12.1. The van der Waals surface area contributed by atoms with Crippen molar-refractivity contribution < 1.29 is 24.1 Å². The van der Waals surface area contributed by atoms with Gasteiger partial charge in [0, 0.05) is 28.5 Å². The fourth-order valence-corrected chi connectivity index (χ4v) is 2.96. The second-order valence-electron chi connectivity index (χ2n) is 5.48. The zero-order valence-electron chi connectivity index (χ0n) is 14.6. The van der Waals surface area contributed by atoms with E-state index in [0.717, 1.165) is 16.8 Å². The minimum atomic E-state index is -0.845. The molecule has 0 aliphatic carbocycles. The van der Waals surface area contributed by atoms with Crippen LogP contribution in [-0.4, -0.2) is 39.8 Å². The van der Waals surface area contributed by atoms with Crippen LogP contribution >= 0.6 is 0 Å². The summed E-state index contributed by atoms with van der Waals surface area (Å²) >= 11 is 0. The first-order valence-corrected chi connectivity index (χ1v) is 7.76. The molecule has 6 heteroatoms. The third kappa shape index (κ3) is 2.96. The number of rotatable bonds is 5. The molecule has 6 nitrogen and oxygen atoms in total. The van der Waals surface area contributed by atoms with Crippen LogP contribution in [0.1, 0.15) is 11.1 Å². The topological polar surface area (TPSA) is 69.2 Å². The first-order valence-electron chi connectivity index (χ1n) is 7.76. The maximum absolute atomic E-state index is 10.5. The van der Waals surface area contributed by atoms with Gasteiger partial charge in [-0.25, -0.2) is 0 Å². The molecular weight excluding hydrogens is 322 g/mol. The van der Waals surface area contributed by atoms with Crippen molar-refractivity contribution in [1.29, 1.82) is 0 Å². The van der Waals surface area contributed by atoms with Crippen molar-refractivity contribution >= 4 is 17.3 Å². The normalized spacial score (nSPS) is 17.0. The quantitative estimate of drug-likeness (QED) is 0.870. The van der Waals surface area contributed by atoms with E-state index in [-0.39, 0.29) is 0 Å². The van der Waals surface area contributed by atoms with Gasteiger partial charge in [-0.2, -0.15) is 0 Å². The van der Waals surface area contributed by atoms with E-state index < -0.39 is 6.23 Å². The predicted molar refractivity (Wildman–Crippen MR) is 96.6 cm³/mol. The monoisotopic (exact) mass is 343 g/mol. The highest BCUT2D eigenvalue weighted by atomic mass is 16.5. The Hall–Kier alpha value is -2.86. The maximum atomic E-state index is 10.5. The third-order valence-corrected chi connectivity index (χ3v) is 4.17. The van der Waals surface area contributed by atoms with E-state index in [9.17, 15) is 5.11 Å². The Bertz CT molecular complexity index is 816. The minimum Gasteiger partial charge on any atom is -0.493 e. The molecule has 132 valence electrons. The molecule has 2 N–H and O–H groups in total. The summed E-state index contributed by atoms with van der Waals surface area (Å²) in [7, 11) is 6.34. The summed E-state index contributed by atoms with van der Waals surface area (Å²) in [6, 6.07) is 9.25. The van der Waals surface area contributed by atoms with Crippen LogP contribution in [0.5, 0.6) is 23.0 Å². The highest BCUT2D eigenvalue weighted by Gasteiger charge is 2.27. The molecule has 1 heterocycles. The number of fused-ring (bicyclic) bond motifs is 1. The Morgan fingerprint density at radius 1 is 0.920 bits per heavy atom. The van der Waals surface area contributed by atoms with Crippen LogP contribution in [0, 0.1) is 0 Å². The molecule has 0 bridgehead atoms. The van der Waals surface area contributed by atoms with Crippen molar-refractivity contribution in [3.05, 3.63) is 41.5 Å². The van der Waals surface area contributed by atoms with Crippen molar-refractivity contribution in [2.45, 2.75) is 6.23 Å². The zero-order chi connectivity index (χ0) is 18.0. The zero-order valence-corrected chi connectivity index (χ0v) is 14.6. The van der Waals surface area contributed by atoms with E-state index in [1.54, 1.807) is 34.5 Å². The van der Waals surface area contributed by atoms with Gasteiger partial charge >= 0.3 is 0 Å². The van der Waals surface area contributed by atoms with Gasteiger partial charge in [-0.15, -0.1) is 0 Å². The van der Waals surface area contributed by atoms with Crippen molar-refractivity contribution in [2.24, 2.45) is 0 Å². The second-order valence-corrected chi connectivity index (χ2v) is 5.48. The molecule has 1 unspecified atom stereocenters. The number of hydrogen-bond acceptors (Lipinski definition) is 6. The lowest BCUT2D eigenvalue weighted by atomic mass is 10.0. The number of para-hydroxylation sites is 1. The van der Waals surface area contributed by atoms with Gasteiger partial charge in [0.25, 0.3) is 0 Å². The van der Waals surface area contributed by atoms with Gasteiger partial charge in [-0.1, -0.05) is 12.1 Å². The standard InChI is InChI=1S/C19H21NO5/c1-22-15-7-5-6-11(18(15)25-4)8-13-12-9-16(23-2)17(24-3)10-14(12)20-19(13)21/h5-10,19-21H,1-4H3/b13-8-. The van der Waals surface area contributed by atoms with Crippen molar-refractivity contribution in [1.82, 2.24) is 0 Å². The van der Waals surface area contributed by atoms with Crippen LogP contribution in [0.2, 0.25) is 0 Å². The largest absolute Gasteiger partial charge is 0.493 e. The van der Waals surface area contributed by atoms with Gasteiger partial charge in [-0.05, 0) is 18.2 Å². The molecule has 2 aromatic carbocycles. The number of benzene rings is 2. The van der Waals surface area contributed by atoms with Crippen LogP contribution in [0.15, 0.2) is 30.3 Å². The van der Waals surface area contributed by atoms with Gasteiger partial charge in [-0.3, -0.25) is 0 Å². The van der Waals surface area contributed by atoms with Crippen LogP contribution in [0.4, 0.5) is 5.69 Å². The van der Waals surface area contributed by atoms with Crippen LogP contribution in [0.3, 0.4) is 0 Å². The molecule has 2 aromatic rings. The number of aliphatic hydroxyl groups is 1. The van der Waals surface area contributed by atoms with Crippen LogP contribution in [-0.2, 0) is 0 Å². The fraction of sp³-hybridized carbons (Fsp3) is 0.263. The Kier molecular flexibility index (Phi) is 4.72. The van der Waals surface area contributed by atoms with E-state index >= 15 is 0 Å². The molecule has 0 spiro atoms. The molecular formula is C19H21NO5. The van der Waals surface area contributed by atoms with E-state index in [1.165, 1.54) is 0 Å². The number of nitrogens with one attached hydrogen (secondary N) is 1. The van der Waals surface area contributed by atoms with Gasteiger partial charge in [0.15, 0.2) is 29.2 Å².